The SMILES string of the molecule is Cc1n[nH]c(=O)c(C(=O)N[C@@H](CO)c2ccccc2)c1C. The van der Waals surface area contributed by atoms with Gasteiger partial charge in [0.1, 0.15) is 5.56 Å². The number of rotatable bonds is 4. The molecule has 0 saturated carbocycles. The molecule has 110 valence electrons. The predicted molar refractivity (Wildman–Crippen MR) is 78.1 cm³/mol. The van der Waals surface area contributed by atoms with E-state index in [4.69, 9.17) is 0 Å². The monoisotopic (exact) mass is 287 g/mol. The highest BCUT2D eigenvalue weighted by molar-refractivity contribution is 5.95. The Morgan fingerprint density at radius 2 is 2.00 bits per heavy atom. The molecular formula is C15H17N3O3. The largest absolute Gasteiger partial charge is 0.394 e. The third-order valence-electron chi connectivity index (χ3n) is 3.39. The molecule has 0 radical (unpaired) electrons. The van der Waals surface area contributed by atoms with Crippen LogP contribution in [0.1, 0.15) is 33.2 Å². The lowest BCUT2D eigenvalue weighted by atomic mass is 10.1. The number of H-pyrrole nitrogens is 1. The Hall–Kier alpha value is -2.47. The van der Waals surface area contributed by atoms with Gasteiger partial charge in [0.15, 0.2) is 0 Å². The molecule has 0 aliphatic carbocycles. The number of aliphatic hydroxyl groups is 1. The molecule has 21 heavy (non-hydrogen) atoms. The second-order valence-corrected chi connectivity index (χ2v) is 4.76. The summed E-state index contributed by atoms with van der Waals surface area (Å²) in [6, 6.07) is 8.52. The molecular weight excluding hydrogens is 270 g/mol. The molecule has 6 heteroatoms. The summed E-state index contributed by atoms with van der Waals surface area (Å²) in [5, 5.41) is 18.2. The quantitative estimate of drug-likeness (QED) is 0.777. The molecule has 1 atom stereocenters. The van der Waals surface area contributed by atoms with Gasteiger partial charge in [0.25, 0.3) is 11.5 Å². The summed E-state index contributed by atoms with van der Waals surface area (Å²) in [5.74, 6) is -0.526. The summed E-state index contributed by atoms with van der Waals surface area (Å²) < 4.78 is 0. The zero-order valence-electron chi connectivity index (χ0n) is 11.9. The van der Waals surface area contributed by atoms with E-state index in [9.17, 15) is 14.7 Å². The molecule has 3 N–H and O–H groups in total. The van der Waals surface area contributed by atoms with Gasteiger partial charge in [0.05, 0.1) is 18.3 Å². The topological polar surface area (TPSA) is 95.1 Å². The standard InChI is InChI=1S/C15H17N3O3/c1-9-10(2)17-18-15(21)13(9)14(20)16-12(8-19)11-6-4-3-5-7-11/h3-7,12,19H,8H2,1-2H3,(H,16,20)(H,18,21)/t12-/m0/s1. The first-order chi connectivity index (χ1) is 10.0. The minimum absolute atomic E-state index is 0.0249. The van der Waals surface area contributed by atoms with E-state index in [-0.39, 0.29) is 12.2 Å². The van der Waals surface area contributed by atoms with Crippen LogP contribution in [-0.2, 0) is 0 Å². The predicted octanol–water partition coefficient (Wildman–Crippen LogP) is 0.850. The summed E-state index contributed by atoms with van der Waals surface area (Å²) in [4.78, 5) is 24.1. The summed E-state index contributed by atoms with van der Waals surface area (Å²) in [6.45, 7) is 3.13. The number of benzene rings is 1. The number of amides is 1. The van der Waals surface area contributed by atoms with Crippen molar-refractivity contribution in [3.05, 3.63) is 63.1 Å². The Balaban J connectivity index is 2.29. The van der Waals surface area contributed by atoms with Gasteiger partial charge in [-0.25, -0.2) is 5.10 Å². The van der Waals surface area contributed by atoms with Crippen molar-refractivity contribution < 1.29 is 9.90 Å². The molecule has 2 rings (SSSR count). The van der Waals surface area contributed by atoms with Crippen LogP contribution in [0.15, 0.2) is 35.1 Å². The van der Waals surface area contributed by atoms with Crippen LogP contribution in [0, 0.1) is 13.8 Å². The number of nitrogens with one attached hydrogen (secondary N) is 2. The Labute approximate surface area is 121 Å². The van der Waals surface area contributed by atoms with E-state index in [0.29, 0.717) is 11.3 Å². The average Bonchev–Trinajstić information content (AvgIpc) is 2.50. The highest BCUT2D eigenvalue weighted by Crippen LogP contribution is 2.13. The first-order valence-electron chi connectivity index (χ1n) is 6.57. The smallest absolute Gasteiger partial charge is 0.277 e. The van der Waals surface area contributed by atoms with Gasteiger partial charge in [0, 0.05) is 0 Å². The third kappa shape index (κ3) is 3.17. The summed E-state index contributed by atoms with van der Waals surface area (Å²) in [5.41, 5.74) is 1.37. The van der Waals surface area contributed by atoms with E-state index in [1.54, 1.807) is 26.0 Å². The van der Waals surface area contributed by atoms with Gasteiger partial charge in [0.2, 0.25) is 0 Å². The summed E-state index contributed by atoms with van der Waals surface area (Å²) >= 11 is 0. The van der Waals surface area contributed by atoms with Crippen molar-refractivity contribution in [1.29, 1.82) is 0 Å². The lowest BCUT2D eigenvalue weighted by Crippen LogP contribution is -2.35. The van der Waals surface area contributed by atoms with E-state index in [1.807, 2.05) is 18.2 Å². The molecule has 0 unspecified atom stereocenters. The van der Waals surface area contributed by atoms with Gasteiger partial charge in [-0.3, -0.25) is 9.59 Å². The van der Waals surface area contributed by atoms with Crippen molar-refractivity contribution >= 4 is 5.91 Å². The molecule has 0 saturated heterocycles. The van der Waals surface area contributed by atoms with E-state index in [2.05, 4.69) is 15.5 Å². The third-order valence-corrected chi connectivity index (χ3v) is 3.39. The van der Waals surface area contributed by atoms with Gasteiger partial charge in [-0.05, 0) is 25.0 Å². The van der Waals surface area contributed by atoms with Gasteiger partial charge in [-0.1, -0.05) is 30.3 Å². The fraction of sp³-hybridized carbons (Fsp3) is 0.267. The number of aliphatic hydroxyl groups excluding tert-OH is 1. The first-order valence-corrected chi connectivity index (χ1v) is 6.57. The van der Waals surface area contributed by atoms with Crippen LogP contribution in [0.25, 0.3) is 0 Å². The number of aromatic nitrogens is 2. The molecule has 1 amide bonds. The summed E-state index contributed by atoms with van der Waals surface area (Å²) in [6.07, 6.45) is 0. The number of hydrogen-bond acceptors (Lipinski definition) is 4. The Bertz CT molecular complexity index is 695. The van der Waals surface area contributed by atoms with Crippen LogP contribution in [0.5, 0.6) is 0 Å². The maximum absolute atomic E-state index is 12.3. The second kappa shape index (κ2) is 6.32. The molecule has 0 fully saturated rings. The lowest BCUT2D eigenvalue weighted by molar-refractivity contribution is 0.0913. The lowest BCUT2D eigenvalue weighted by Gasteiger charge is -2.17. The second-order valence-electron chi connectivity index (χ2n) is 4.76. The maximum atomic E-state index is 12.3. The Morgan fingerprint density at radius 3 is 2.62 bits per heavy atom. The highest BCUT2D eigenvalue weighted by Gasteiger charge is 2.20. The van der Waals surface area contributed by atoms with Crippen molar-refractivity contribution in [2.24, 2.45) is 0 Å². The van der Waals surface area contributed by atoms with Crippen LogP contribution >= 0.6 is 0 Å². The number of hydrogen-bond donors (Lipinski definition) is 3. The normalized spacial score (nSPS) is 12.0. The minimum Gasteiger partial charge on any atom is -0.394 e. The van der Waals surface area contributed by atoms with E-state index in [0.717, 1.165) is 5.56 Å². The van der Waals surface area contributed by atoms with E-state index < -0.39 is 17.5 Å². The van der Waals surface area contributed by atoms with Crippen LogP contribution < -0.4 is 10.9 Å². The number of aryl methyl sites for hydroxylation is 1. The number of carbonyl (C=O) groups excluding carboxylic acids is 1. The average molecular weight is 287 g/mol. The minimum atomic E-state index is -0.564. The fourth-order valence-corrected chi connectivity index (χ4v) is 2.05. The molecule has 1 heterocycles. The van der Waals surface area contributed by atoms with Crippen molar-refractivity contribution in [2.45, 2.75) is 19.9 Å². The molecule has 0 aliphatic rings. The molecule has 1 aromatic heterocycles. The highest BCUT2D eigenvalue weighted by atomic mass is 16.3. The molecule has 1 aromatic carbocycles. The molecule has 0 spiro atoms. The van der Waals surface area contributed by atoms with Crippen molar-refractivity contribution in [3.63, 3.8) is 0 Å². The molecule has 0 aliphatic heterocycles. The zero-order valence-corrected chi connectivity index (χ0v) is 11.9. The Kier molecular flexibility index (Phi) is 4.49. The van der Waals surface area contributed by atoms with Gasteiger partial charge >= 0.3 is 0 Å². The van der Waals surface area contributed by atoms with Crippen LogP contribution in [0.3, 0.4) is 0 Å². The van der Waals surface area contributed by atoms with Gasteiger partial charge in [-0.2, -0.15) is 5.10 Å². The zero-order chi connectivity index (χ0) is 15.4. The number of nitrogens with zero attached hydrogens (tertiary/aromatic N) is 1. The molecule has 6 nitrogen and oxygen atoms in total. The summed E-state index contributed by atoms with van der Waals surface area (Å²) in [7, 11) is 0. The van der Waals surface area contributed by atoms with E-state index in [1.165, 1.54) is 0 Å². The molecule has 0 bridgehead atoms. The number of carbonyl (C=O) groups is 1. The first kappa shape index (κ1) is 14.9. The van der Waals surface area contributed by atoms with Crippen LogP contribution in [0.4, 0.5) is 0 Å². The Morgan fingerprint density at radius 1 is 1.33 bits per heavy atom. The van der Waals surface area contributed by atoms with E-state index >= 15 is 0 Å². The van der Waals surface area contributed by atoms with Crippen LogP contribution in [-0.4, -0.2) is 27.8 Å². The van der Waals surface area contributed by atoms with Gasteiger partial charge < -0.3 is 10.4 Å². The van der Waals surface area contributed by atoms with Gasteiger partial charge in [-0.15, -0.1) is 0 Å². The van der Waals surface area contributed by atoms with Crippen molar-refractivity contribution in [2.75, 3.05) is 6.61 Å². The van der Waals surface area contributed by atoms with Crippen molar-refractivity contribution in [1.82, 2.24) is 15.5 Å². The van der Waals surface area contributed by atoms with Crippen LogP contribution in [0.2, 0.25) is 0 Å². The molecule has 2 aromatic rings. The fourth-order valence-electron chi connectivity index (χ4n) is 2.05. The number of aromatic amines is 1. The van der Waals surface area contributed by atoms with Crippen molar-refractivity contribution in [3.8, 4) is 0 Å². The maximum Gasteiger partial charge on any atom is 0.277 e.